The maximum Gasteiger partial charge on any atom is 0.203 e. The summed E-state index contributed by atoms with van der Waals surface area (Å²) < 4.78 is 4.07. The summed E-state index contributed by atoms with van der Waals surface area (Å²) in [6.07, 6.45) is 4.63. The van der Waals surface area contributed by atoms with Gasteiger partial charge in [-0.3, -0.25) is 0 Å². The van der Waals surface area contributed by atoms with Crippen LogP contribution < -0.4 is 5.32 Å². The maximum atomic E-state index is 4.48. The van der Waals surface area contributed by atoms with Crippen molar-refractivity contribution in [1.82, 2.24) is 24.3 Å². The van der Waals surface area contributed by atoms with E-state index in [1.165, 1.54) is 0 Å². The monoisotopic (exact) mass is 248 g/mol. The molecule has 2 aromatic heterocycles. The summed E-state index contributed by atoms with van der Waals surface area (Å²) in [6, 6.07) is 0.375. The third kappa shape index (κ3) is 2.88. The summed E-state index contributed by atoms with van der Waals surface area (Å²) in [5, 5.41) is 11.3. The molecule has 0 aromatic carbocycles. The molecular weight excluding hydrogens is 228 g/mol. The van der Waals surface area contributed by atoms with Gasteiger partial charge in [-0.05, 0) is 20.8 Å². The van der Waals surface area contributed by atoms with E-state index in [9.17, 15) is 0 Å². The molecule has 2 aromatic rings. The molecule has 6 heteroatoms. The minimum absolute atomic E-state index is 0.375. The van der Waals surface area contributed by atoms with Gasteiger partial charge in [0.1, 0.15) is 12.2 Å². The highest BCUT2D eigenvalue weighted by Gasteiger charge is 2.08. The van der Waals surface area contributed by atoms with Crippen LogP contribution in [-0.2, 0) is 20.0 Å². The zero-order valence-electron chi connectivity index (χ0n) is 11.4. The predicted octanol–water partition coefficient (Wildman–Crippen LogP) is 1.38. The highest BCUT2D eigenvalue weighted by Crippen LogP contribution is 2.10. The van der Waals surface area contributed by atoms with Gasteiger partial charge in [-0.2, -0.15) is 0 Å². The first-order valence-electron chi connectivity index (χ1n) is 6.19. The molecule has 0 spiro atoms. The lowest BCUT2D eigenvalue weighted by Crippen LogP contribution is -2.15. The Hall–Kier alpha value is -1.85. The smallest absolute Gasteiger partial charge is 0.203 e. The first-order chi connectivity index (χ1) is 8.56. The Morgan fingerprint density at radius 3 is 2.78 bits per heavy atom. The van der Waals surface area contributed by atoms with Crippen molar-refractivity contribution < 1.29 is 0 Å². The zero-order chi connectivity index (χ0) is 13.1. The highest BCUT2D eigenvalue weighted by atomic mass is 15.3. The van der Waals surface area contributed by atoms with Gasteiger partial charge in [-0.25, -0.2) is 4.98 Å². The van der Waals surface area contributed by atoms with E-state index >= 15 is 0 Å². The first-order valence-corrected chi connectivity index (χ1v) is 6.19. The van der Waals surface area contributed by atoms with E-state index in [-0.39, 0.29) is 0 Å². The molecule has 0 amide bonds. The molecule has 0 fully saturated rings. The van der Waals surface area contributed by atoms with Crippen LogP contribution in [0, 0.1) is 6.92 Å². The van der Waals surface area contributed by atoms with Crippen LogP contribution in [0.4, 0.5) is 5.95 Å². The maximum absolute atomic E-state index is 4.48. The second-order valence-electron chi connectivity index (χ2n) is 4.81. The summed E-state index contributed by atoms with van der Waals surface area (Å²) in [4.78, 5) is 4.48. The van der Waals surface area contributed by atoms with Crippen molar-refractivity contribution in [3.8, 4) is 0 Å². The molecule has 0 bridgehead atoms. The van der Waals surface area contributed by atoms with Gasteiger partial charge in [0.2, 0.25) is 5.95 Å². The minimum atomic E-state index is 0.375. The molecule has 0 radical (unpaired) electrons. The molecule has 2 rings (SSSR count). The van der Waals surface area contributed by atoms with Gasteiger partial charge in [0.25, 0.3) is 0 Å². The quantitative estimate of drug-likeness (QED) is 0.868. The van der Waals surface area contributed by atoms with Gasteiger partial charge in [0, 0.05) is 32.3 Å². The van der Waals surface area contributed by atoms with Crippen LogP contribution in [0.25, 0.3) is 0 Å². The molecule has 6 nitrogen and oxygen atoms in total. The van der Waals surface area contributed by atoms with Crippen molar-refractivity contribution in [2.75, 3.05) is 5.32 Å². The van der Waals surface area contributed by atoms with Crippen LogP contribution in [0.1, 0.15) is 25.4 Å². The molecule has 2 heterocycles. The highest BCUT2D eigenvalue weighted by molar-refractivity contribution is 5.29. The van der Waals surface area contributed by atoms with E-state index in [0.29, 0.717) is 6.04 Å². The van der Waals surface area contributed by atoms with Gasteiger partial charge in [0.05, 0.1) is 5.69 Å². The van der Waals surface area contributed by atoms with E-state index in [1.54, 1.807) is 6.33 Å². The number of nitrogens with one attached hydrogen (secondary N) is 1. The van der Waals surface area contributed by atoms with Crippen molar-refractivity contribution in [2.45, 2.75) is 39.8 Å². The van der Waals surface area contributed by atoms with Gasteiger partial charge >= 0.3 is 0 Å². The molecule has 0 saturated heterocycles. The first kappa shape index (κ1) is 12.6. The minimum Gasteiger partial charge on any atom is -0.353 e. The molecule has 0 saturated carbocycles. The van der Waals surface area contributed by atoms with Gasteiger partial charge in [-0.1, -0.05) is 0 Å². The SMILES string of the molecule is Cc1cn(CCc2nncn2C)c(NC(C)C)n1. The second kappa shape index (κ2) is 5.20. The molecule has 18 heavy (non-hydrogen) atoms. The number of hydrogen-bond donors (Lipinski definition) is 1. The Labute approximate surface area is 107 Å². The summed E-state index contributed by atoms with van der Waals surface area (Å²) in [6.45, 7) is 7.07. The number of rotatable bonds is 5. The average Bonchev–Trinajstić information content (AvgIpc) is 2.82. The van der Waals surface area contributed by atoms with Crippen LogP contribution in [0.2, 0.25) is 0 Å². The fraction of sp³-hybridized carbons (Fsp3) is 0.583. The van der Waals surface area contributed by atoms with Crippen molar-refractivity contribution in [2.24, 2.45) is 7.05 Å². The van der Waals surface area contributed by atoms with Crippen molar-refractivity contribution in [1.29, 1.82) is 0 Å². The summed E-state index contributed by atoms with van der Waals surface area (Å²) in [7, 11) is 1.96. The van der Waals surface area contributed by atoms with Crippen LogP contribution in [0.5, 0.6) is 0 Å². The second-order valence-corrected chi connectivity index (χ2v) is 4.81. The lowest BCUT2D eigenvalue weighted by molar-refractivity contribution is 0.648. The zero-order valence-corrected chi connectivity index (χ0v) is 11.4. The third-order valence-electron chi connectivity index (χ3n) is 2.70. The number of aryl methyl sites for hydroxylation is 4. The molecule has 98 valence electrons. The third-order valence-corrected chi connectivity index (χ3v) is 2.70. The molecule has 0 atom stereocenters. The van der Waals surface area contributed by atoms with Crippen molar-refractivity contribution >= 4 is 5.95 Å². The molecule has 0 unspecified atom stereocenters. The molecule has 0 aliphatic rings. The average molecular weight is 248 g/mol. The van der Waals surface area contributed by atoms with Crippen LogP contribution >= 0.6 is 0 Å². The Kier molecular flexibility index (Phi) is 3.64. The topological polar surface area (TPSA) is 60.6 Å². The summed E-state index contributed by atoms with van der Waals surface area (Å²) in [5.74, 6) is 1.90. The number of anilines is 1. The summed E-state index contributed by atoms with van der Waals surface area (Å²) in [5.41, 5.74) is 1.02. The Morgan fingerprint density at radius 1 is 1.39 bits per heavy atom. The van der Waals surface area contributed by atoms with E-state index in [1.807, 2.05) is 18.5 Å². The van der Waals surface area contributed by atoms with E-state index < -0.39 is 0 Å². The van der Waals surface area contributed by atoms with Crippen LogP contribution in [0.3, 0.4) is 0 Å². The largest absolute Gasteiger partial charge is 0.353 e. The number of aromatic nitrogens is 5. The predicted molar refractivity (Wildman–Crippen MR) is 70.4 cm³/mol. The number of imidazole rings is 1. The van der Waals surface area contributed by atoms with Gasteiger partial charge in [0.15, 0.2) is 0 Å². The number of nitrogens with zero attached hydrogens (tertiary/aromatic N) is 5. The molecule has 0 aliphatic heterocycles. The van der Waals surface area contributed by atoms with E-state index in [2.05, 4.69) is 45.1 Å². The summed E-state index contributed by atoms with van der Waals surface area (Å²) >= 11 is 0. The Balaban J connectivity index is 2.07. The van der Waals surface area contributed by atoms with Crippen molar-refractivity contribution in [3.05, 3.63) is 24.0 Å². The van der Waals surface area contributed by atoms with Gasteiger partial charge < -0.3 is 14.5 Å². The Morgan fingerprint density at radius 2 is 2.17 bits per heavy atom. The fourth-order valence-corrected chi connectivity index (χ4v) is 1.84. The van der Waals surface area contributed by atoms with E-state index in [4.69, 9.17) is 0 Å². The number of hydrogen-bond acceptors (Lipinski definition) is 4. The van der Waals surface area contributed by atoms with Gasteiger partial charge in [-0.15, -0.1) is 10.2 Å². The molecular formula is C12H20N6. The molecule has 1 N–H and O–H groups in total. The fourth-order valence-electron chi connectivity index (χ4n) is 1.84. The molecule has 0 aliphatic carbocycles. The van der Waals surface area contributed by atoms with E-state index in [0.717, 1.165) is 30.4 Å². The standard InChI is InChI=1S/C12H20N6/c1-9(2)14-12-15-10(3)7-18(12)6-5-11-16-13-8-17(11)4/h7-9H,5-6H2,1-4H3,(H,14,15). The van der Waals surface area contributed by atoms with Crippen molar-refractivity contribution in [3.63, 3.8) is 0 Å². The Bertz CT molecular complexity index is 510. The van der Waals surface area contributed by atoms with Crippen LogP contribution in [0.15, 0.2) is 12.5 Å². The lowest BCUT2D eigenvalue weighted by Gasteiger charge is -2.11. The van der Waals surface area contributed by atoms with Crippen LogP contribution in [-0.4, -0.2) is 30.4 Å². The normalized spacial score (nSPS) is 11.2. The lowest BCUT2D eigenvalue weighted by atomic mass is 10.4.